The molecule has 0 aromatic carbocycles. The molecule has 2 nitrogen and oxygen atoms in total. The smallest absolute Gasteiger partial charge is 0.0559 e. The van der Waals surface area contributed by atoms with Crippen molar-refractivity contribution in [1.29, 1.82) is 0 Å². The summed E-state index contributed by atoms with van der Waals surface area (Å²) < 4.78 is 4.24. The summed E-state index contributed by atoms with van der Waals surface area (Å²) in [7, 11) is 0. The van der Waals surface area contributed by atoms with Crippen molar-refractivity contribution in [3.05, 3.63) is 16.1 Å². The van der Waals surface area contributed by atoms with Crippen LogP contribution in [-0.4, -0.2) is 4.37 Å². The Balaban J connectivity index is 2.56. The molecular formula is C6H8N2S. The van der Waals surface area contributed by atoms with E-state index in [2.05, 4.69) is 16.6 Å². The Bertz CT molecular complexity index is 229. The minimum Gasteiger partial charge on any atom is -0.308 e. The third-order valence-corrected chi connectivity index (χ3v) is 2.63. The highest BCUT2D eigenvalue weighted by Gasteiger charge is 2.14. The van der Waals surface area contributed by atoms with Crippen molar-refractivity contribution in [1.82, 2.24) is 9.69 Å². The van der Waals surface area contributed by atoms with Gasteiger partial charge in [0.15, 0.2) is 0 Å². The highest BCUT2D eigenvalue weighted by molar-refractivity contribution is 7.06. The first-order valence-electron chi connectivity index (χ1n) is 3.02. The number of aromatic nitrogens is 1. The van der Waals surface area contributed by atoms with Crippen LogP contribution in [0.25, 0.3) is 0 Å². The third kappa shape index (κ3) is 0.686. The third-order valence-electron chi connectivity index (χ3n) is 1.65. The van der Waals surface area contributed by atoms with Gasteiger partial charge in [0, 0.05) is 23.5 Å². The summed E-state index contributed by atoms with van der Waals surface area (Å²) in [6.45, 7) is 4.13. The monoisotopic (exact) mass is 140 g/mol. The second kappa shape index (κ2) is 1.78. The molecule has 0 atom stereocenters. The lowest BCUT2D eigenvalue weighted by Gasteiger charge is -1.86. The molecule has 0 aliphatic carbocycles. The van der Waals surface area contributed by atoms with Crippen molar-refractivity contribution in [2.45, 2.75) is 20.0 Å². The van der Waals surface area contributed by atoms with E-state index in [1.807, 2.05) is 0 Å². The van der Waals surface area contributed by atoms with Crippen LogP contribution in [0, 0.1) is 6.92 Å². The fourth-order valence-electron chi connectivity index (χ4n) is 1.10. The molecule has 9 heavy (non-hydrogen) atoms. The zero-order valence-corrected chi connectivity index (χ0v) is 6.09. The summed E-state index contributed by atoms with van der Waals surface area (Å²) in [5.74, 6) is 0. The van der Waals surface area contributed by atoms with E-state index in [9.17, 15) is 0 Å². The summed E-state index contributed by atoms with van der Waals surface area (Å²) in [5, 5.41) is 3.28. The van der Waals surface area contributed by atoms with Crippen LogP contribution in [0.5, 0.6) is 0 Å². The van der Waals surface area contributed by atoms with E-state index in [4.69, 9.17) is 0 Å². The molecule has 0 unspecified atom stereocenters. The van der Waals surface area contributed by atoms with Gasteiger partial charge in [0.25, 0.3) is 0 Å². The van der Waals surface area contributed by atoms with Gasteiger partial charge in [-0.1, -0.05) is 0 Å². The van der Waals surface area contributed by atoms with E-state index in [-0.39, 0.29) is 0 Å². The van der Waals surface area contributed by atoms with Crippen molar-refractivity contribution < 1.29 is 0 Å². The maximum absolute atomic E-state index is 4.24. The van der Waals surface area contributed by atoms with Crippen LogP contribution in [0.2, 0.25) is 0 Å². The maximum atomic E-state index is 4.24. The van der Waals surface area contributed by atoms with Gasteiger partial charge in [0.1, 0.15) is 0 Å². The molecule has 0 amide bonds. The van der Waals surface area contributed by atoms with Gasteiger partial charge in [0.2, 0.25) is 0 Å². The first-order valence-corrected chi connectivity index (χ1v) is 3.80. The fraction of sp³-hybridized carbons (Fsp3) is 0.500. The molecule has 0 spiro atoms. The average Bonchev–Trinajstić information content (AvgIpc) is 2.35. The number of nitrogens with one attached hydrogen (secondary N) is 1. The average molecular weight is 140 g/mol. The van der Waals surface area contributed by atoms with Gasteiger partial charge in [-0.05, 0) is 18.5 Å². The number of hydrogen-bond acceptors (Lipinski definition) is 3. The standard InChI is InChI=1S/C6H8N2S/c1-4-5-2-7-3-6(5)9-8-4/h7H,2-3H2,1H3. The molecule has 0 bridgehead atoms. The maximum Gasteiger partial charge on any atom is 0.0559 e. The van der Waals surface area contributed by atoms with E-state index in [0.717, 1.165) is 13.1 Å². The predicted octanol–water partition coefficient (Wildman–Crippen LogP) is 1.05. The van der Waals surface area contributed by atoms with Gasteiger partial charge in [-0.2, -0.15) is 4.37 Å². The van der Waals surface area contributed by atoms with Crippen molar-refractivity contribution in [2.24, 2.45) is 0 Å². The quantitative estimate of drug-likeness (QED) is 0.582. The van der Waals surface area contributed by atoms with Crippen molar-refractivity contribution >= 4 is 11.5 Å². The van der Waals surface area contributed by atoms with Gasteiger partial charge < -0.3 is 5.32 Å². The summed E-state index contributed by atoms with van der Waals surface area (Å²) in [5.41, 5.74) is 2.64. The lowest BCUT2D eigenvalue weighted by atomic mass is 10.2. The topological polar surface area (TPSA) is 24.9 Å². The molecule has 2 rings (SSSR count). The van der Waals surface area contributed by atoms with Crippen LogP contribution in [-0.2, 0) is 13.1 Å². The Morgan fingerprint density at radius 1 is 1.56 bits per heavy atom. The molecule has 1 aliphatic heterocycles. The summed E-state index contributed by atoms with van der Waals surface area (Å²) >= 11 is 1.63. The van der Waals surface area contributed by atoms with Gasteiger partial charge in [0.05, 0.1) is 5.69 Å². The van der Waals surface area contributed by atoms with Gasteiger partial charge in [-0.25, -0.2) is 0 Å². The Morgan fingerprint density at radius 2 is 2.44 bits per heavy atom. The zero-order chi connectivity index (χ0) is 6.27. The molecule has 0 fully saturated rings. The first-order chi connectivity index (χ1) is 4.38. The van der Waals surface area contributed by atoms with E-state index >= 15 is 0 Å². The molecule has 1 aromatic rings. The number of rotatable bonds is 0. The summed E-state index contributed by atoms with van der Waals surface area (Å²) in [4.78, 5) is 1.42. The predicted molar refractivity (Wildman–Crippen MR) is 37.4 cm³/mol. The number of aryl methyl sites for hydroxylation is 1. The van der Waals surface area contributed by atoms with Crippen molar-refractivity contribution in [3.8, 4) is 0 Å². The van der Waals surface area contributed by atoms with Gasteiger partial charge in [-0.3, -0.25) is 0 Å². The molecule has 0 saturated heterocycles. The van der Waals surface area contributed by atoms with Gasteiger partial charge >= 0.3 is 0 Å². The Hall–Kier alpha value is -0.410. The Labute approximate surface area is 58.1 Å². The number of nitrogens with zero attached hydrogens (tertiary/aromatic N) is 1. The van der Waals surface area contributed by atoms with Crippen LogP contribution >= 0.6 is 11.5 Å². The van der Waals surface area contributed by atoms with Crippen LogP contribution < -0.4 is 5.32 Å². The molecule has 1 N–H and O–H groups in total. The molecule has 0 radical (unpaired) electrons. The number of fused-ring (bicyclic) bond motifs is 1. The van der Waals surface area contributed by atoms with Crippen molar-refractivity contribution in [3.63, 3.8) is 0 Å². The second-order valence-electron chi connectivity index (χ2n) is 2.27. The largest absolute Gasteiger partial charge is 0.308 e. The van der Waals surface area contributed by atoms with Crippen molar-refractivity contribution in [2.75, 3.05) is 0 Å². The van der Waals surface area contributed by atoms with Crippen LogP contribution in [0.3, 0.4) is 0 Å². The molecule has 3 heteroatoms. The van der Waals surface area contributed by atoms with Crippen LogP contribution in [0.15, 0.2) is 0 Å². The normalized spacial score (nSPS) is 16.1. The molecular weight excluding hydrogens is 132 g/mol. The highest BCUT2D eigenvalue weighted by Crippen LogP contribution is 2.22. The zero-order valence-electron chi connectivity index (χ0n) is 5.27. The molecule has 48 valence electrons. The SMILES string of the molecule is Cc1nsc2c1CNC2. The fourth-order valence-corrected chi connectivity index (χ4v) is 1.96. The van der Waals surface area contributed by atoms with Crippen LogP contribution in [0.4, 0.5) is 0 Å². The highest BCUT2D eigenvalue weighted by atomic mass is 32.1. The molecule has 2 heterocycles. The van der Waals surface area contributed by atoms with Crippen LogP contribution in [0.1, 0.15) is 16.1 Å². The van der Waals surface area contributed by atoms with E-state index < -0.39 is 0 Å². The van der Waals surface area contributed by atoms with E-state index in [1.165, 1.54) is 16.1 Å². The Morgan fingerprint density at radius 3 is 3.22 bits per heavy atom. The molecule has 1 aliphatic rings. The first kappa shape index (κ1) is 5.38. The molecule has 1 aromatic heterocycles. The minimum atomic E-state index is 1.03. The second-order valence-corrected chi connectivity index (χ2v) is 3.13. The lowest BCUT2D eigenvalue weighted by Crippen LogP contribution is -2.01. The van der Waals surface area contributed by atoms with Gasteiger partial charge in [-0.15, -0.1) is 0 Å². The van der Waals surface area contributed by atoms with E-state index in [0.29, 0.717) is 0 Å². The lowest BCUT2D eigenvalue weighted by molar-refractivity contribution is 0.763. The Kier molecular flexibility index (Phi) is 1.07. The molecule has 0 saturated carbocycles. The number of hydrogen-bond donors (Lipinski definition) is 1. The van der Waals surface area contributed by atoms with E-state index in [1.54, 1.807) is 11.5 Å². The summed E-state index contributed by atoms with van der Waals surface area (Å²) in [6, 6.07) is 0. The summed E-state index contributed by atoms with van der Waals surface area (Å²) in [6.07, 6.45) is 0. The minimum absolute atomic E-state index is 1.03.